The van der Waals surface area contributed by atoms with E-state index in [9.17, 15) is 4.79 Å². The topological polar surface area (TPSA) is 50.8 Å². The van der Waals surface area contributed by atoms with Crippen molar-refractivity contribution in [3.8, 4) is 11.5 Å². The van der Waals surface area contributed by atoms with Gasteiger partial charge in [-0.1, -0.05) is 0 Å². The Bertz CT molecular complexity index is 455. The number of hydrogen-bond donors (Lipinski definition) is 1. The van der Waals surface area contributed by atoms with Crippen LogP contribution in [0, 0.1) is 0 Å². The van der Waals surface area contributed by atoms with Crippen molar-refractivity contribution < 1.29 is 14.3 Å². The van der Waals surface area contributed by atoms with Crippen molar-refractivity contribution in [2.75, 3.05) is 19.4 Å². The zero-order valence-corrected chi connectivity index (χ0v) is 10.4. The van der Waals surface area contributed by atoms with E-state index >= 15 is 0 Å². The molecule has 0 spiro atoms. The second-order valence-corrected chi connectivity index (χ2v) is 4.59. The highest BCUT2D eigenvalue weighted by Crippen LogP contribution is 2.40. The van der Waals surface area contributed by atoms with Gasteiger partial charge in [-0.25, -0.2) is 4.79 Å². The molecule has 0 saturated heterocycles. The number of hydrogen-bond acceptors (Lipinski definition) is 3. The maximum absolute atomic E-state index is 11.5. The van der Waals surface area contributed by atoms with Crippen LogP contribution in [0.3, 0.4) is 0 Å². The second kappa shape index (κ2) is 3.84. The van der Waals surface area contributed by atoms with E-state index in [1.807, 2.05) is 13.8 Å². The molecule has 0 fully saturated rings. The molecule has 17 heavy (non-hydrogen) atoms. The molecule has 1 aliphatic rings. The van der Waals surface area contributed by atoms with Crippen LogP contribution in [0.25, 0.3) is 0 Å². The number of nitrogens with one attached hydrogen (secondary N) is 1. The minimum atomic E-state index is -0.646. The molecular formula is C12H16N2O3. The summed E-state index contributed by atoms with van der Waals surface area (Å²) in [4.78, 5) is 12.9. The van der Waals surface area contributed by atoms with Gasteiger partial charge in [0, 0.05) is 39.7 Å². The molecule has 92 valence electrons. The van der Waals surface area contributed by atoms with Gasteiger partial charge >= 0.3 is 6.03 Å². The zero-order chi connectivity index (χ0) is 12.6. The molecule has 0 atom stereocenters. The summed E-state index contributed by atoms with van der Waals surface area (Å²) in [5, 5.41) is 2.75. The van der Waals surface area contributed by atoms with E-state index in [4.69, 9.17) is 9.47 Å². The molecule has 0 unspecified atom stereocenters. The van der Waals surface area contributed by atoms with E-state index in [-0.39, 0.29) is 6.03 Å². The van der Waals surface area contributed by atoms with Crippen LogP contribution in [-0.2, 0) is 0 Å². The number of benzene rings is 1. The molecule has 1 aromatic carbocycles. The minimum absolute atomic E-state index is 0.178. The summed E-state index contributed by atoms with van der Waals surface area (Å²) in [5.74, 6) is 0.691. The highest BCUT2D eigenvalue weighted by Gasteiger charge is 2.31. The van der Waals surface area contributed by atoms with Crippen LogP contribution in [0.1, 0.15) is 13.8 Å². The van der Waals surface area contributed by atoms with Crippen molar-refractivity contribution in [2.24, 2.45) is 0 Å². The molecule has 1 aromatic rings. The first-order chi connectivity index (χ1) is 7.87. The first-order valence-electron chi connectivity index (χ1n) is 5.38. The average molecular weight is 236 g/mol. The molecule has 0 aromatic heterocycles. The quantitative estimate of drug-likeness (QED) is 0.813. The Morgan fingerprint density at radius 3 is 2.53 bits per heavy atom. The molecule has 0 saturated carbocycles. The molecule has 1 heterocycles. The molecule has 5 heteroatoms. The van der Waals surface area contributed by atoms with Gasteiger partial charge in [0.15, 0.2) is 11.5 Å². The smallest absolute Gasteiger partial charge is 0.321 e. The second-order valence-electron chi connectivity index (χ2n) is 4.59. The van der Waals surface area contributed by atoms with Gasteiger partial charge in [-0.15, -0.1) is 0 Å². The molecule has 0 radical (unpaired) electrons. The van der Waals surface area contributed by atoms with Crippen LogP contribution in [-0.4, -0.2) is 30.8 Å². The van der Waals surface area contributed by atoms with E-state index in [1.165, 1.54) is 4.90 Å². The molecule has 1 aliphatic heterocycles. The lowest BCUT2D eigenvalue weighted by molar-refractivity contribution is -0.0431. The Hall–Kier alpha value is -1.91. The number of carbonyl (C=O) groups excluding carboxylic acids is 1. The Labute approximate surface area is 100 Å². The summed E-state index contributed by atoms with van der Waals surface area (Å²) in [5.41, 5.74) is 0.684. The fraction of sp³-hybridized carbons (Fsp3) is 0.417. The van der Waals surface area contributed by atoms with E-state index in [0.29, 0.717) is 17.2 Å². The van der Waals surface area contributed by atoms with Gasteiger partial charge < -0.3 is 19.7 Å². The standard InChI is InChI=1S/C12H16N2O3/c1-12(2)16-9-6-5-8(7-10(9)17-12)13-11(15)14(3)4/h5-7H,1-4H3,(H,13,15). The number of rotatable bonds is 1. The van der Waals surface area contributed by atoms with Crippen LogP contribution in [0.15, 0.2) is 18.2 Å². The van der Waals surface area contributed by atoms with Gasteiger partial charge in [0.1, 0.15) is 0 Å². The maximum Gasteiger partial charge on any atom is 0.321 e. The number of urea groups is 1. The Balaban J connectivity index is 2.17. The number of nitrogens with zero attached hydrogens (tertiary/aromatic N) is 1. The number of ether oxygens (including phenoxy) is 2. The molecule has 2 rings (SSSR count). The van der Waals surface area contributed by atoms with Crippen molar-refractivity contribution >= 4 is 11.7 Å². The number of amides is 2. The first-order valence-corrected chi connectivity index (χ1v) is 5.38. The summed E-state index contributed by atoms with van der Waals surface area (Å²) in [7, 11) is 3.37. The first kappa shape index (κ1) is 11.6. The van der Waals surface area contributed by atoms with Gasteiger partial charge in [-0.3, -0.25) is 0 Å². The fourth-order valence-corrected chi connectivity index (χ4v) is 1.54. The highest BCUT2D eigenvalue weighted by atomic mass is 16.7. The number of carbonyl (C=O) groups is 1. The summed E-state index contributed by atoms with van der Waals surface area (Å²) >= 11 is 0. The molecule has 2 amide bonds. The Kier molecular flexibility index (Phi) is 2.61. The maximum atomic E-state index is 11.5. The van der Waals surface area contributed by atoms with Crippen molar-refractivity contribution in [3.63, 3.8) is 0 Å². The van der Waals surface area contributed by atoms with Crippen LogP contribution in [0.5, 0.6) is 11.5 Å². The third kappa shape index (κ3) is 2.43. The van der Waals surface area contributed by atoms with E-state index < -0.39 is 5.79 Å². The van der Waals surface area contributed by atoms with Crippen LogP contribution in [0.2, 0.25) is 0 Å². The lowest BCUT2D eigenvalue weighted by Crippen LogP contribution is -2.29. The molecule has 0 bridgehead atoms. The minimum Gasteiger partial charge on any atom is -0.449 e. The van der Waals surface area contributed by atoms with Gasteiger partial charge in [-0.05, 0) is 12.1 Å². The van der Waals surface area contributed by atoms with E-state index in [1.54, 1.807) is 32.3 Å². The van der Waals surface area contributed by atoms with Crippen molar-refractivity contribution in [1.82, 2.24) is 4.90 Å². The normalized spacial score (nSPS) is 15.5. The number of anilines is 1. The van der Waals surface area contributed by atoms with Gasteiger partial charge in [0.05, 0.1) is 0 Å². The van der Waals surface area contributed by atoms with E-state index in [2.05, 4.69) is 5.32 Å². The molecule has 1 N–H and O–H groups in total. The Morgan fingerprint density at radius 1 is 1.24 bits per heavy atom. The third-order valence-corrected chi connectivity index (χ3v) is 2.31. The molecule has 0 aliphatic carbocycles. The van der Waals surface area contributed by atoms with Gasteiger partial charge in [-0.2, -0.15) is 0 Å². The largest absolute Gasteiger partial charge is 0.449 e. The summed E-state index contributed by atoms with van der Waals surface area (Å²) in [6.45, 7) is 3.68. The third-order valence-electron chi connectivity index (χ3n) is 2.31. The zero-order valence-electron chi connectivity index (χ0n) is 10.4. The van der Waals surface area contributed by atoms with Crippen molar-refractivity contribution in [3.05, 3.63) is 18.2 Å². The monoisotopic (exact) mass is 236 g/mol. The number of fused-ring (bicyclic) bond motifs is 1. The van der Waals surface area contributed by atoms with Gasteiger partial charge in [0.25, 0.3) is 0 Å². The highest BCUT2D eigenvalue weighted by molar-refractivity contribution is 5.89. The predicted octanol–water partition coefficient (Wildman–Crippen LogP) is 2.29. The average Bonchev–Trinajstić information content (AvgIpc) is 2.50. The summed E-state index contributed by atoms with van der Waals surface area (Å²) in [6, 6.07) is 5.15. The molecule has 5 nitrogen and oxygen atoms in total. The summed E-state index contributed by atoms with van der Waals surface area (Å²) < 4.78 is 11.1. The van der Waals surface area contributed by atoms with Crippen LogP contribution < -0.4 is 14.8 Å². The fourth-order valence-electron chi connectivity index (χ4n) is 1.54. The lowest BCUT2D eigenvalue weighted by Gasteiger charge is -2.16. The van der Waals surface area contributed by atoms with Crippen molar-refractivity contribution in [1.29, 1.82) is 0 Å². The van der Waals surface area contributed by atoms with Crippen LogP contribution in [0.4, 0.5) is 10.5 Å². The predicted molar refractivity (Wildman–Crippen MR) is 64.5 cm³/mol. The lowest BCUT2D eigenvalue weighted by atomic mass is 10.3. The van der Waals surface area contributed by atoms with Gasteiger partial charge in [0.2, 0.25) is 5.79 Å². The summed E-state index contributed by atoms with van der Waals surface area (Å²) in [6.07, 6.45) is 0. The SMILES string of the molecule is CN(C)C(=O)Nc1ccc2c(c1)OC(C)(C)O2. The van der Waals surface area contributed by atoms with Crippen molar-refractivity contribution in [2.45, 2.75) is 19.6 Å². The molecular weight excluding hydrogens is 220 g/mol. The van der Waals surface area contributed by atoms with E-state index in [0.717, 1.165) is 0 Å². The Morgan fingerprint density at radius 2 is 1.88 bits per heavy atom. The van der Waals surface area contributed by atoms with Crippen LogP contribution >= 0.6 is 0 Å².